The molecule has 82 valence electrons. The van der Waals surface area contributed by atoms with Gasteiger partial charge in [0.15, 0.2) is 0 Å². The van der Waals surface area contributed by atoms with Crippen molar-refractivity contribution in [2.45, 2.75) is 5.92 Å². The molecule has 0 unspecified atom stereocenters. The Morgan fingerprint density at radius 1 is 1.31 bits per heavy atom. The fraction of sp³-hybridized carbons (Fsp3) is 0.273. The van der Waals surface area contributed by atoms with Gasteiger partial charge in [0.1, 0.15) is 15.8 Å². The molecule has 0 spiro atoms. The van der Waals surface area contributed by atoms with Crippen molar-refractivity contribution in [3.8, 4) is 10.6 Å². The van der Waals surface area contributed by atoms with Gasteiger partial charge in [0.2, 0.25) is 0 Å². The Morgan fingerprint density at radius 2 is 2.19 bits per heavy atom. The molecule has 2 aromatic rings. The number of hydrogen-bond donors (Lipinski definition) is 1. The number of halogens is 1. The predicted octanol–water partition coefficient (Wildman–Crippen LogP) is 2.03. The van der Waals surface area contributed by atoms with Crippen molar-refractivity contribution in [1.29, 1.82) is 0 Å². The average Bonchev–Trinajstić information content (AvgIpc) is 2.64. The summed E-state index contributed by atoms with van der Waals surface area (Å²) in [5, 5.41) is 13.3. The molecule has 1 aliphatic heterocycles. The van der Waals surface area contributed by atoms with Gasteiger partial charge in [-0.25, -0.2) is 4.39 Å². The summed E-state index contributed by atoms with van der Waals surface area (Å²) in [4.78, 5) is 0. The third-order valence-corrected chi connectivity index (χ3v) is 3.78. The maximum absolute atomic E-state index is 13.0. The van der Waals surface area contributed by atoms with Crippen molar-refractivity contribution in [3.63, 3.8) is 0 Å². The number of rotatable bonds is 2. The molecule has 0 radical (unpaired) electrons. The fourth-order valence-electron chi connectivity index (χ4n) is 1.60. The average molecular weight is 235 g/mol. The first kappa shape index (κ1) is 9.86. The minimum absolute atomic E-state index is 0.237. The van der Waals surface area contributed by atoms with Crippen LogP contribution in [0.1, 0.15) is 10.9 Å². The van der Waals surface area contributed by atoms with E-state index in [4.69, 9.17) is 0 Å². The van der Waals surface area contributed by atoms with Crippen LogP contribution < -0.4 is 5.32 Å². The minimum Gasteiger partial charge on any atom is -0.315 e. The fourth-order valence-corrected chi connectivity index (χ4v) is 2.54. The van der Waals surface area contributed by atoms with E-state index in [1.165, 1.54) is 12.1 Å². The van der Waals surface area contributed by atoms with Crippen LogP contribution in [0.5, 0.6) is 0 Å². The van der Waals surface area contributed by atoms with Gasteiger partial charge in [-0.2, -0.15) is 0 Å². The molecule has 1 fully saturated rings. The Bertz CT molecular complexity index is 507. The summed E-state index contributed by atoms with van der Waals surface area (Å²) in [5.41, 5.74) is 0.802. The van der Waals surface area contributed by atoms with Gasteiger partial charge in [-0.3, -0.25) is 0 Å². The number of benzene rings is 1. The summed E-state index contributed by atoms with van der Waals surface area (Å²) in [7, 11) is 0. The predicted molar refractivity (Wildman–Crippen MR) is 60.9 cm³/mol. The molecule has 1 N–H and O–H groups in total. The lowest BCUT2D eigenvalue weighted by atomic mass is 10.1. The molecule has 3 rings (SSSR count). The molecule has 1 aromatic heterocycles. The van der Waals surface area contributed by atoms with Crippen LogP contribution in [0, 0.1) is 5.82 Å². The van der Waals surface area contributed by atoms with Gasteiger partial charge >= 0.3 is 0 Å². The molecule has 2 heterocycles. The number of nitrogens with zero attached hydrogens (tertiary/aromatic N) is 2. The highest BCUT2D eigenvalue weighted by Crippen LogP contribution is 2.29. The summed E-state index contributed by atoms with van der Waals surface area (Å²) in [6, 6.07) is 6.47. The molecule has 0 amide bonds. The maximum Gasteiger partial charge on any atom is 0.147 e. The molecule has 16 heavy (non-hydrogen) atoms. The molecule has 0 atom stereocenters. The Labute approximate surface area is 96.3 Å². The monoisotopic (exact) mass is 235 g/mol. The van der Waals surface area contributed by atoms with Crippen LogP contribution in [0.15, 0.2) is 24.3 Å². The van der Waals surface area contributed by atoms with Crippen molar-refractivity contribution < 1.29 is 4.39 Å². The lowest BCUT2D eigenvalue weighted by molar-refractivity contribution is 0.444. The van der Waals surface area contributed by atoms with E-state index >= 15 is 0 Å². The van der Waals surface area contributed by atoms with E-state index in [0.717, 1.165) is 28.7 Å². The van der Waals surface area contributed by atoms with Crippen LogP contribution in [0.2, 0.25) is 0 Å². The van der Waals surface area contributed by atoms with Crippen LogP contribution in [0.3, 0.4) is 0 Å². The molecule has 0 aliphatic carbocycles. The van der Waals surface area contributed by atoms with Crippen LogP contribution >= 0.6 is 11.3 Å². The van der Waals surface area contributed by atoms with E-state index in [-0.39, 0.29) is 5.82 Å². The van der Waals surface area contributed by atoms with Crippen LogP contribution in [-0.2, 0) is 0 Å². The van der Waals surface area contributed by atoms with E-state index < -0.39 is 0 Å². The van der Waals surface area contributed by atoms with Crippen molar-refractivity contribution >= 4 is 11.3 Å². The minimum atomic E-state index is -0.237. The van der Waals surface area contributed by atoms with Gasteiger partial charge in [-0.05, 0) is 12.1 Å². The second-order valence-electron chi connectivity index (χ2n) is 3.81. The molecule has 0 saturated carbocycles. The van der Waals surface area contributed by atoms with E-state index in [2.05, 4.69) is 15.5 Å². The van der Waals surface area contributed by atoms with E-state index in [0.29, 0.717) is 5.92 Å². The zero-order valence-electron chi connectivity index (χ0n) is 8.48. The standard InChI is InChI=1S/C11H10FN3S/c12-9-3-1-2-7(4-9)10-14-15-11(16-10)8-5-13-6-8/h1-4,8,13H,5-6H2. The molecule has 1 saturated heterocycles. The highest BCUT2D eigenvalue weighted by molar-refractivity contribution is 7.14. The summed E-state index contributed by atoms with van der Waals surface area (Å²) in [5.74, 6) is 0.249. The first-order chi connectivity index (χ1) is 7.83. The van der Waals surface area contributed by atoms with Crippen molar-refractivity contribution in [3.05, 3.63) is 35.1 Å². The van der Waals surface area contributed by atoms with Gasteiger partial charge in [0, 0.05) is 24.6 Å². The molecule has 0 bridgehead atoms. The third kappa shape index (κ3) is 1.72. The number of hydrogen-bond acceptors (Lipinski definition) is 4. The lowest BCUT2D eigenvalue weighted by Gasteiger charge is -2.23. The number of aromatic nitrogens is 2. The van der Waals surface area contributed by atoms with Crippen molar-refractivity contribution in [1.82, 2.24) is 15.5 Å². The highest BCUT2D eigenvalue weighted by Gasteiger charge is 2.23. The summed E-state index contributed by atoms with van der Waals surface area (Å²) < 4.78 is 13.0. The normalized spacial score (nSPS) is 16.1. The summed E-state index contributed by atoms with van der Waals surface area (Å²) in [6.45, 7) is 1.94. The Kier molecular flexibility index (Phi) is 2.41. The first-order valence-corrected chi connectivity index (χ1v) is 5.94. The first-order valence-electron chi connectivity index (χ1n) is 5.13. The molecular formula is C11H10FN3S. The van der Waals surface area contributed by atoms with Crippen LogP contribution in [-0.4, -0.2) is 23.3 Å². The smallest absolute Gasteiger partial charge is 0.147 e. The van der Waals surface area contributed by atoms with Gasteiger partial charge < -0.3 is 5.32 Å². The Balaban J connectivity index is 1.91. The molecule has 1 aromatic carbocycles. The molecule has 1 aliphatic rings. The molecule has 5 heteroatoms. The summed E-state index contributed by atoms with van der Waals surface area (Å²) >= 11 is 1.55. The third-order valence-electron chi connectivity index (χ3n) is 2.64. The topological polar surface area (TPSA) is 37.8 Å². The Hall–Kier alpha value is -1.33. The van der Waals surface area contributed by atoms with Gasteiger partial charge in [0.05, 0.1) is 0 Å². The van der Waals surface area contributed by atoms with Crippen molar-refractivity contribution in [2.24, 2.45) is 0 Å². The van der Waals surface area contributed by atoms with E-state index in [9.17, 15) is 4.39 Å². The molecule has 3 nitrogen and oxygen atoms in total. The summed E-state index contributed by atoms with van der Waals surface area (Å²) in [6.07, 6.45) is 0. The van der Waals surface area contributed by atoms with Gasteiger partial charge in [-0.15, -0.1) is 10.2 Å². The van der Waals surface area contributed by atoms with Crippen molar-refractivity contribution in [2.75, 3.05) is 13.1 Å². The van der Waals surface area contributed by atoms with Gasteiger partial charge in [-0.1, -0.05) is 23.5 Å². The van der Waals surface area contributed by atoms with E-state index in [1.54, 1.807) is 17.4 Å². The second-order valence-corrected chi connectivity index (χ2v) is 4.82. The highest BCUT2D eigenvalue weighted by atomic mass is 32.1. The molecular weight excluding hydrogens is 225 g/mol. The van der Waals surface area contributed by atoms with Crippen LogP contribution in [0.4, 0.5) is 4.39 Å². The van der Waals surface area contributed by atoms with E-state index in [1.807, 2.05) is 6.07 Å². The zero-order chi connectivity index (χ0) is 11.0. The largest absolute Gasteiger partial charge is 0.315 e. The quantitative estimate of drug-likeness (QED) is 0.865. The lowest BCUT2D eigenvalue weighted by Crippen LogP contribution is -2.39. The zero-order valence-corrected chi connectivity index (χ0v) is 9.30. The number of nitrogens with one attached hydrogen (secondary N) is 1. The second kappa shape index (κ2) is 3.92. The Morgan fingerprint density at radius 3 is 2.88 bits per heavy atom. The van der Waals surface area contributed by atoms with Crippen LogP contribution in [0.25, 0.3) is 10.6 Å². The SMILES string of the molecule is Fc1cccc(-c2nnc(C3CNC3)s2)c1. The maximum atomic E-state index is 13.0. The van der Waals surface area contributed by atoms with Gasteiger partial charge in [0.25, 0.3) is 0 Å².